The lowest BCUT2D eigenvalue weighted by Gasteiger charge is -2.24. The number of amides is 2. The van der Waals surface area contributed by atoms with Crippen LogP contribution in [-0.4, -0.2) is 48.9 Å². The standard InChI is InChI=1S/C33H45N3O6/c1-2-34-22-30(37)35-29(21-31(38)41-23-26-15-8-4-9-16-26)32(39)36-28(20-12-19-25-13-6-3-7-14-25)33(40)42-24-27-17-10-5-11-18-27/h4-5,8-11,15-18,25,28-29,34H,2-3,6-7,12-14,19-24H2,1H3,(H,35,37)(H,36,39)/t28-,29-/m0/s1. The maximum absolute atomic E-state index is 13.5. The Labute approximate surface area is 249 Å². The lowest BCUT2D eigenvalue weighted by Crippen LogP contribution is -2.53. The van der Waals surface area contributed by atoms with Gasteiger partial charge in [0.1, 0.15) is 25.3 Å². The van der Waals surface area contributed by atoms with E-state index < -0.39 is 35.8 Å². The fourth-order valence-electron chi connectivity index (χ4n) is 5.09. The van der Waals surface area contributed by atoms with Crippen LogP contribution in [0.4, 0.5) is 0 Å². The number of hydrogen-bond donors (Lipinski definition) is 3. The quantitative estimate of drug-likeness (QED) is 0.240. The molecule has 2 aromatic rings. The Bertz CT molecular complexity index is 1110. The zero-order valence-corrected chi connectivity index (χ0v) is 24.6. The minimum Gasteiger partial charge on any atom is -0.461 e. The maximum Gasteiger partial charge on any atom is 0.328 e. The van der Waals surface area contributed by atoms with Crippen LogP contribution in [-0.2, 0) is 41.9 Å². The molecular formula is C33H45N3O6. The van der Waals surface area contributed by atoms with Gasteiger partial charge in [0, 0.05) is 0 Å². The summed E-state index contributed by atoms with van der Waals surface area (Å²) in [7, 11) is 0. The van der Waals surface area contributed by atoms with Gasteiger partial charge in [-0.3, -0.25) is 14.4 Å². The molecule has 228 valence electrons. The Hall–Kier alpha value is -3.72. The Balaban J connectivity index is 1.65. The van der Waals surface area contributed by atoms with E-state index in [4.69, 9.17) is 9.47 Å². The van der Waals surface area contributed by atoms with Gasteiger partial charge in [-0.05, 0) is 30.0 Å². The third kappa shape index (κ3) is 12.4. The number of ether oxygens (including phenoxy) is 2. The van der Waals surface area contributed by atoms with E-state index in [-0.39, 0.29) is 26.2 Å². The van der Waals surface area contributed by atoms with Crippen LogP contribution in [0.15, 0.2) is 60.7 Å². The van der Waals surface area contributed by atoms with Gasteiger partial charge in [0.25, 0.3) is 0 Å². The molecule has 0 aliphatic heterocycles. The molecule has 9 heteroatoms. The van der Waals surface area contributed by atoms with Gasteiger partial charge in [0.15, 0.2) is 0 Å². The topological polar surface area (TPSA) is 123 Å². The average molecular weight is 580 g/mol. The van der Waals surface area contributed by atoms with Crippen molar-refractivity contribution >= 4 is 23.8 Å². The van der Waals surface area contributed by atoms with E-state index in [0.717, 1.165) is 24.0 Å². The van der Waals surface area contributed by atoms with Gasteiger partial charge in [0.2, 0.25) is 11.8 Å². The molecule has 1 fully saturated rings. The molecule has 2 aromatic carbocycles. The molecule has 1 aliphatic carbocycles. The molecular weight excluding hydrogens is 534 g/mol. The molecule has 0 aromatic heterocycles. The lowest BCUT2D eigenvalue weighted by molar-refractivity contribution is -0.150. The van der Waals surface area contributed by atoms with Gasteiger partial charge in [-0.2, -0.15) is 0 Å². The van der Waals surface area contributed by atoms with Crippen LogP contribution in [0.3, 0.4) is 0 Å². The minimum atomic E-state index is -1.21. The summed E-state index contributed by atoms with van der Waals surface area (Å²) >= 11 is 0. The summed E-state index contributed by atoms with van der Waals surface area (Å²) in [6, 6.07) is 16.4. The predicted octanol–water partition coefficient (Wildman–Crippen LogP) is 4.19. The summed E-state index contributed by atoms with van der Waals surface area (Å²) in [4.78, 5) is 51.8. The average Bonchev–Trinajstić information content (AvgIpc) is 3.02. The first-order valence-electron chi connectivity index (χ1n) is 15.1. The first kappa shape index (κ1) is 32.8. The van der Waals surface area contributed by atoms with Crippen molar-refractivity contribution in [3.8, 4) is 0 Å². The molecule has 0 unspecified atom stereocenters. The van der Waals surface area contributed by atoms with Crippen LogP contribution in [0.5, 0.6) is 0 Å². The molecule has 0 radical (unpaired) electrons. The van der Waals surface area contributed by atoms with E-state index in [1.165, 1.54) is 32.1 Å². The summed E-state index contributed by atoms with van der Waals surface area (Å²) in [6.45, 7) is 2.55. The third-order valence-corrected chi connectivity index (χ3v) is 7.46. The minimum absolute atomic E-state index is 0.0106. The van der Waals surface area contributed by atoms with Crippen molar-refractivity contribution in [1.29, 1.82) is 0 Å². The van der Waals surface area contributed by atoms with Gasteiger partial charge in [-0.1, -0.05) is 113 Å². The van der Waals surface area contributed by atoms with E-state index >= 15 is 0 Å². The lowest BCUT2D eigenvalue weighted by atomic mass is 9.85. The maximum atomic E-state index is 13.5. The normalized spacial score (nSPS) is 14.8. The monoisotopic (exact) mass is 579 g/mol. The van der Waals surface area contributed by atoms with Gasteiger partial charge in [-0.25, -0.2) is 4.79 Å². The number of carbonyl (C=O) groups excluding carboxylic acids is 4. The fraction of sp³-hybridized carbons (Fsp3) is 0.515. The Morgan fingerprint density at radius 2 is 1.43 bits per heavy atom. The van der Waals surface area contributed by atoms with E-state index in [0.29, 0.717) is 18.9 Å². The number of nitrogens with one attached hydrogen (secondary N) is 3. The molecule has 9 nitrogen and oxygen atoms in total. The SMILES string of the molecule is CCNCC(=O)N[C@@H](CC(=O)OCc1ccccc1)C(=O)N[C@@H](CCCC1CCCCC1)C(=O)OCc1ccccc1. The van der Waals surface area contributed by atoms with E-state index in [1.807, 2.05) is 67.6 Å². The summed E-state index contributed by atoms with van der Waals surface area (Å²) < 4.78 is 10.9. The highest BCUT2D eigenvalue weighted by molar-refractivity contribution is 5.93. The second-order valence-electron chi connectivity index (χ2n) is 10.8. The van der Waals surface area contributed by atoms with Crippen LogP contribution in [0.1, 0.15) is 75.8 Å². The van der Waals surface area contributed by atoms with Crippen molar-refractivity contribution in [3.63, 3.8) is 0 Å². The smallest absolute Gasteiger partial charge is 0.328 e. The number of likely N-dealkylation sites (N-methyl/N-ethyl adjacent to an activating group) is 1. The zero-order chi connectivity index (χ0) is 30.0. The summed E-state index contributed by atoms with van der Waals surface area (Å²) in [6.07, 6.45) is 7.91. The molecule has 0 heterocycles. The van der Waals surface area contributed by atoms with Crippen molar-refractivity contribution in [3.05, 3.63) is 71.8 Å². The third-order valence-electron chi connectivity index (χ3n) is 7.46. The molecule has 1 aliphatic rings. The van der Waals surface area contributed by atoms with Crippen molar-refractivity contribution < 1.29 is 28.7 Å². The molecule has 1 saturated carbocycles. The molecule has 0 spiro atoms. The van der Waals surface area contributed by atoms with Crippen LogP contribution in [0.25, 0.3) is 0 Å². The number of carbonyl (C=O) groups is 4. The Morgan fingerprint density at radius 3 is 2.05 bits per heavy atom. The van der Waals surface area contributed by atoms with E-state index in [2.05, 4.69) is 16.0 Å². The molecule has 2 amide bonds. The number of esters is 2. The second kappa shape index (κ2) is 18.7. The van der Waals surface area contributed by atoms with Crippen LogP contribution in [0.2, 0.25) is 0 Å². The highest BCUT2D eigenvalue weighted by Gasteiger charge is 2.30. The number of benzene rings is 2. The molecule has 42 heavy (non-hydrogen) atoms. The van der Waals surface area contributed by atoms with E-state index in [1.54, 1.807) is 0 Å². The van der Waals surface area contributed by atoms with Crippen LogP contribution < -0.4 is 16.0 Å². The van der Waals surface area contributed by atoms with Crippen LogP contribution in [0, 0.1) is 5.92 Å². The van der Waals surface area contributed by atoms with E-state index in [9.17, 15) is 19.2 Å². The Morgan fingerprint density at radius 1 is 0.810 bits per heavy atom. The molecule has 2 atom stereocenters. The summed E-state index contributed by atoms with van der Waals surface area (Å²) in [5.74, 6) is -1.61. The highest BCUT2D eigenvalue weighted by atomic mass is 16.5. The van der Waals surface area contributed by atoms with Crippen molar-refractivity contribution in [2.24, 2.45) is 5.92 Å². The first-order chi connectivity index (χ1) is 20.4. The molecule has 0 saturated heterocycles. The molecule has 0 bridgehead atoms. The zero-order valence-electron chi connectivity index (χ0n) is 24.6. The van der Waals surface area contributed by atoms with Gasteiger partial charge in [0.05, 0.1) is 13.0 Å². The molecule has 3 rings (SSSR count). The predicted molar refractivity (Wildman–Crippen MR) is 160 cm³/mol. The molecule has 3 N–H and O–H groups in total. The summed E-state index contributed by atoms with van der Waals surface area (Å²) in [5, 5.41) is 8.31. The highest BCUT2D eigenvalue weighted by Crippen LogP contribution is 2.28. The van der Waals surface area contributed by atoms with Crippen molar-refractivity contribution in [2.75, 3.05) is 13.1 Å². The van der Waals surface area contributed by atoms with Crippen molar-refractivity contribution in [2.45, 2.75) is 90.0 Å². The fourth-order valence-corrected chi connectivity index (χ4v) is 5.09. The second-order valence-corrected chi connectivity index (χ2v) is 10.8. The van der Waals surface area contributed by atoms with Gasteiger partial charge < -0.3 is 25.4 Å². The summed E-state index contributed by atoms with van der Waals surface area (Å²) in [5.41, 5.74) is 1.65. The number of rotatable bonds is 17. The first-order valence-corrected chi connectivity index (χ1v) is 15.1. The number of hydrogen-bond acceptors (Lipinski definition) is 7. The van der Waals surface area contributed by atoms with Crippen molar-refractivity contribution in [1.82, 2.24) is 16.0 Å². The Kier molecular flexibility index (Phi) is 14.6. The van der Waals surface area contributed by atoms with Crippen LogP contribution >= 0.6 is 0 Å². The van der Waals surface area contributed by atoms with Gasteiger partial charge in [-0.15, -0.1) is 0 Å². The largest absolute Gasteiger partial charge is 0.461 e. The van der Waals surface area contributed by atoms with Gasteiger partial charge >= 0.3 is 11.9 Å².